The van der Waals surface area contributed by atoms with Gasteiger partial charge in [0.2, 0.25) is 0 Å². The molecule has 0 N–H and O–H groups in total. The van der Waals surface area contributed by atoms with Gasteiger partial charge in [-0.1, -0.05) is 94.9 Å². The molecule has 0 saturated carbocycles. The summed E-state index contributed by atoms with van der Waals surface area (Å²) in [5, 5.41) is 15.0. The smallest absolute Gasteiger partial charge is 0.264 e. The van der Waals surface area contributed by atoms with Gasteiger partial charge in [-0.25, -0.2) is 9.97 Å². The molecule has 14 aromatic rings. The van der Waals surface area contributed by atoms with Crippen molar-refractivity contribution in [3.8, 4) is 0 Å². The topological polar surface area (TPSA) is 68.7 Å². The first-order valence-electron chi connectivity index (χ1n) is 18.6. The molecule has 0 bridgehead atoms. The van der Waals surface area contributed by atoms with Crippen LogP contribution in [0, 0.1) is 0 Å². The lowest BCUT2D eigenvalue weighted by atomic mass is 9.86. The molecule has 0 aliphatic heterocycles. The molecule has 0 amide bonds. The Morgan fingerprint density at radius 1 is 0.362 bits per heavy atom. The lowest BCUT2D eigenvalue weighted by Gasteiger charge is -2.21. The normalized spacial score (nSPS) is 13.0. The molecule has 58 heavy (non-hydrogen) atoms. The Bertz CT molecular complexity index is 4400. The number of benzene rings is 10. The van der Waals surface area contributed by atoms with E-state index in [4.69, 9.17) is 56.4 Å². The van der Waals surface area contributed by atoms with Crippen LogP contribution >= 0.6 is 46.4 Å². The van der Waals surface area contributed by atoms with Gasteiger partial charge in [0.1, 0.15) is 11.3 Å². The van der Waals surface area contributed by atoms with Crippen molar-refractivity contribution in [2.75, 3.05) is 0 Å². The monoisotopic (exact) mass is 822 g/mol. The quantitative estimate of drug-likeness (QED) is 0.113. The van der Waals surface area contributed by atoms with Crippen molar-refractivity contribution >= 4 is 177 Å². The molecule has 4 aromatic heterocycles. The largest absolute Gasteiger partial charge is 0.268 e. The van der Waals surface area contributed by atoms with Crippen LogP contribution in [0.15, 0.2) is 119 Å². The Morgan fingerprint density at radius 2 is 0.707 bits per heavy atom. The number of aromatic nitrogens is 4. The van der Waals surface area contributed by atoms with Crippen molar-refractivity contribution in [1.29, 1.82) is 0 Å². The van der Waals surface area contributed by atoms with Gasteiger partial charge >= 0.3 is 0 Å². The first-order valence-corrected chi connectivity index (χ1v) is 20.1. The highest BCUT2D eigenvalue weighted by Crippen LogP contribution is 2.53. The first kappa shape index (κ1) is 31.8. The lowest BCUT2D eigenvalue weighted by molar-refractivity contribution is 1.19. The van der Waals surface area contributed by atoms with Gasteiger partial charge < -0.3 is 0 Å². The molecule has 10 heteroatoms. The minimum atomic E-state index is -0.253. The van der Waals surface area contributed by atoms with E-state index in [1.807, 2.05) is 72.8 Å². The van der Waals surface area contributed by atoms with Crippen molar-refractivity contribution in [3.05, 3.63) is 150 Å². The van der Waals surface area contributed by atoms with Crippen molar-refractivity contribution in [1.82, 2.24) is 18.8 Å². The summed E-state index contributed by atoms with van der Waals surface area (Å²) < 4.78 is 3.32. The van der Waals surface area contributed by atoms with Crippen LogP contribution in [0.2, 0.25) is 20.1 Å². The fraction of sp³-hybridized carbons (Fsp3) is 0. The van der Waals surface area contributed by atoms with Crippen LogP contribution in [0.1, 0.15) is 0 Å². The second kappa shape index (κ2) is 10.4. The van der Waals surface area contributed by atoms with Crippen LogP contribution in [-0.2, 0) is 0 Å². The fourth-order valence-electron chi connectivity index (χ4n) is 10.1. The zero-order valence-corrected chi connectivity index (χ0v) is 32.5. The highest BCUT2D eigenvalue weighted by Gasteiger charge is 2.29. The highest BCUT2D eigenvalue weighted by atomic mass is 35.5. The second-order valence-electron chi connectivity index (χ2n) is 15.4. The maximum Gasteiger partial charge on any atom is 0.264 e. The molecule has 0 aliphatic rings. The number of halogens is 4. The van der Waals surface area contributed by atoms with E-state index < -0.39 is 0 Å². The molecule has 0 atom stereocenters. The third kappa shape index (κ3) is 3.65. The summed E-state index contributed by atoms with van der Waals surface area (Å²) in [4.78, 5) is 39.6. The SMILES string of the molecule is O=c1c2cc(Cl)c3c4c(Cl)cc5c6c(cc(Cl)c(c7c(Cl)cc(c2c73)c2nc3cc7ccccc7cc3n12)c46)c(=O)n1c2cc3cc4ccccc4cc3cc2nc51. The number of fused-ring (bicyclic) bond motifs is 13. The summed E-state index contributed by atoms with van der Waals surface area (Å²) in [5.41, 5.74) is 3.23. The van der Waals surface area contributed by atoms with Gasteiger partial charge in [0.15, 0.2) is 0 Å². The number of hydrogen-bond acceptors (Lipinski definition) is 4. The van der Waals surface area contributed by atoms with E-state index >= 15 is 0 Å². The van der Waals surface area contributed by atoms with E-state index in [2.05, 4.69) is 24.3 Å². The van der Waals surface area contributed by atoms with Crippen molar-refractivity contribution in [3.63, 3.8) is 0 Å². The Balaban J connectivity index is 1.18. The Kier molecular flexibility index (Phi) is 5.70. The standard InChI is InChI=1S/C48H18Cl4N4O2/c49-29-15-25-37-27(47(57)55-35-13-22-8-4-3-7-21(22)11-33(35)53-45(25)55)17-31(51)41-40-30(50)16-26-38-28(18-32(52)42(44(38)40)39(29)43(37)41)48(58)56-36-14-24-10-20-6-2-1-5-19(20)9-23(24)12-34(36)54-46(26)56/h1-18H. The van der Waals surface area contributed by atoms with Gasteiger partial charge in [-0.2, -0.15) is 0 Å². The van der Waals surface area contributed by atoms with Gasteiger partial charge in [-0.15, -0.1) is 0 Å². The number of nitrogens with zero attached hydrogens (tertiary/aromatic N) is 4. The van der Waals surface area contributed by atoms with E-state index in [1.54, 1.807) is 20.9 Å². The van der Waals surface area contributed by atoms with Crippen molar-refractivity contribution < 1.29 is 0 Å². The summed E-state index contributed by atoms with van der Waals surface area (Å²) in [7, 11) is 0. The van der Waals surface area contributed by atoms with Crippen LogP contribution in [0.3, 0.4) is 0 Å². The molecule has 270 valence electrons. The van der Waals surface area contributed by atoms with E-state index in [1.165, 1.54) is 0 Å². The van der Waals surface area contributed by atoms with Crippen LogP contribution in [0.5, 0.6) is 0 Å². The molecule has 0 spiro atoms. The number of pyridine rings is 2. The Labute approximate surface area is 343 Å². The molecular formula is C48H18Cl4N4O2. The van der Waals surface area contributed by atoms with Crippen LogP contribution < -0.4 is 11.1 Å². The molecule has 10 aromatic carbocycles. The predicted molar refractivity (Wildman–Crippen MR) is 243 cm³/mol. The summed E-state index contributed by atoms with van der Waals surface area (Å²) in [6.45, 7) is 0. The fourth-order valence-corrected chi connectivity index (χ4v) is 11.3. The molecule has 4 heterocycles. The summed E-state index contributed by atoms with van der Waals surface area (Å²) >= 11 is 29.5. The third-order valence-electron chi connectivity index (χ3n) is 12.5. The zero-order valence-electron chi connectivity index (χ0n) is 29.5. The molecule has 0 unspecified atom stereocenters. The Hall–Kier alpha value is -6.28. The van der Waals surface area contributed by atoms with Gasteiger partial charge in [0.25, 0.3) is 11.1 Å². The van der Waals surface area contributed by atoms with E-state index in [0.717, 1.165) is 32.3 Å². The lowest BCUT2D eigenvalue weighted by Crippen LogP contribution is -2.14. The predicted octanol–water partition coefficient (Wildman–Crippen LogP) is 13.3. The zero-order chi connectivity index (χ0) is 38.6. The molecular weight excluding hydrogens is 806 g/mol. The first-order chi connectivity index (χ1) is 28.2. The van der Waals surface area contributed by atoms with Gasteiger partial charge in [-0.3, -0.25) is 18.4 Å². The molecule has 6 nitrogen and oxygen atoms in total. The summed E-state index contributed by atoms with van der Waals surface area (Å²) in [6, 6.07) is 35.7. The second-order valence-corrected chi connectivity index (χ2v) is 17.0. The van der Waals surface area contributed by atoms with Crippen molar-refractivity contribution in [2.24, 2.45) is 0 Å². The number of hydrogen-bond donors (Lipinski definition) is 0. The minimum Gasteiger partial charge on any atom is -0.268 e. The van der Waals surface area contributed by atoms with Crippen LogP contribution in [0.4, 0.5) is 0 Å². The number of rotatable bonds is 0. The minimum absolute atomic E-state index is 0.250. The third-order valence-corrected chi connectivity index (χ3v) is 13.7. The average molecular weight is 825 g/mol. The molecule has 0 radical (unpaired) electrons. The molecule has 14 rings (SSSR count). The maximum absolute atomic E-state index is 14.8. The van der Waals surface area contributed by atoms with Crippen LogP contribution in [0.25, 0.3) is 130 Å². The molecule has 0 saturated heterocycles. The van der Waals surface area contributed by atoms with Gasteiger partial charge in [-0.05, 0) is 93.0 Å². The number of imidazole rings is 2. The van der Waals surface area contributed by atoms with Crippen LogP contribution in [-0.4, -0.2) is 18.8 Å². The summed E-state index contributed by atoms with van der Waals surface area (Å²) in [5.74, 6) is 0. The van der Waals surface area contributed by atoms with E-state index in [0.29, 0.717) is 118 Å². The molecule has 0 aliphatic carbocycles. The van der Waals surface area contributed by atoms with Crippen molar-refractivity contribution in [2.45, 2.75) is 0 Å². The molecule has 0 fully saturated rings. The van der Waals surface area contributed by atoms with Gasteiger partial charge in [0.05, 0.1) is 32.8 Å². The summed E-state index contributed by atoms with van der Waals surface area (Å²) in [6.07, 6.45) is 0. The highest BCUT2D eigenvalue weighted by molar-refractivity contribution is 6.56. The van der Waals surface area contributed by atoms with E-state index in [9.17, 15) is 9.59 Å². The van der Waals surface area contributed by atoms with Gasteiger partial charge in [0, 0.05) is 74.0 Å². The Morgan fingerprint density at radius 3 is 1.16 bits per heavy atom. The maximum atomic E-state index is 14.8. The average Bonchev–Trinajstić information content (AvgIpc) is 3.79. The van der Waals surface area contributed by atoms with E-state index in [-0.39, 0.29) is 11.1 Å².